The van der Waals surface area contributed by atoms with Gasteiger partial charge in [0, 0.05) is 11.1 Å². The Morgan fingerprint density at radius 2 is 1.38 bits per heavy atom. The smallest absolute Gasteiger partial charge is 0.248 e. The van der Waals surface area contributed by atoms with E-state index >= 15 is 0 Å². The molecule has 0 aliphatic heterocycles. The number of isocyanates is 1. The minimum absolute atomic E-state index is 0.101. The molecule has 0 fully saturated rings. The highest BCUT2D eigenvalue weighted by molar-refractivity contribution is 5.61. The van der Waals surface area contributed by atoms with E-state index in [1.807, 2.05) is 12.1 Å². The molecule has 0 N–H and O–H groups in total. The molecule has 0 atom stereocenters. The summed E-state index contributed by atoms with van der Waals surface area (Å²) in [7, 11) is 0. The third-order valence-corrected chi connectivity index (χ3v) is 3.71. The maximum absolute atomic E-state index is 10.2. The zero-order valence-corrected chi connectivity index (χ0v) is 13.8. The summed E-state index contributed by atoms with van der Waals surface area (Å²) in [5.74, 6) is 0.895. The topological polar surface area (TPSA) is 68.3 Å². The van der Waals surface area contributed by atoms with E-state index in [4.69, 9.17) is 4.42 Å². The van der Waals surface area contributed by atoms with Crippen molar-refractivity contribution in [2.75, 3.05) is 0 Å². The quantitative estimate of drug-likeness (QED) is 0.519. The second kappa shape index (κ2) is 6.22. The van der Waals surface area contributed by atoms with Crippen LogP contribution in [-0.4, -0.2) is 16.3 Å². The van der Waals surface area contributed by atoms with E-state index in [0.29, 0.717) is 17.5 Å². The van der Waals surface area contributed by atoms with Crippen LogP contribution >= 0.6 is 0 Å². The van der Waals surface area contributed by atoms with E-state index in [1.54, 1.807) is 24.3 Å². The Balaban J connectivity index is 1.86. The normalized spacial score (nSPS) is 11.1. The third kappa shape index (κ3) is 3.31. The molecule has 1 heterocycles. The van der Waals surface area contributed by atoms with Crippen LogP contribution in [0.25, 0.3) is 22.9 Å². The molecule has 0 aliphatic carbocycles. The molecule has 2 aromatic carbocycles. The van der Waals surface area contributed by atoms with Crippen molar-refractivity contribution < 1.29 is 9.21 Å². The molecule has 3 aromatic rings. The first-order valence-corrected chi connectivity index (χ1v) is 7.60. The summed E-state index contributed by atoms with van der Waals surface area (Å²) in [6, 6.07) is 15.1. The van der Waals surface area contributed by atoms with Gasteiger partial charge in [-0.25, -0.2) is 4.79 Å². The van der Waals surface area contributed by atoms with Crippen molar-refractivity contribution in [1.29, 1.82) is 0 Å². The molecule has 0 spiro atoms. The molecular weight excluding hydrogens is 302 g/mol. The molecule has 0 radical (unpaired) electrons. The number of hydrogen-bond acceptors (Lipinski definition) is 5. The second-order valence-corrected chi connectivity index (χ2v) is 6.49. The zero-order chi connectivity index (χ0) is 17.2. The minimum Gasteiger partial charge on any atom is -0.416 e. The first-order valence-electron chi connectivity index (χ1n) is 7.60. The third-order valence-electron chi connectivity index (χ3n) is 3.71. The van der Waals surface area contributed by atoms with E-state index in [-0.39, 0.29) is 5.41 Å². The van der Waals surface area contributed by atoms with E-state index in [0.717, 1.165) is 11.1 Å². The van der Waals surface area contributed by atoms with Gasteiger partial charge in [0.2, 0.25) is 17.9 Å². The van der Waals surface area contributed by atoms with Gasteiger partial charge in [0.1, 0.15) is 0 Å². The predicted molar refractivity (Wildman–Crippen MR) is 91.7 cm³/mol. The fraction of sp³-hybridized carbons (Fsp3) is 0.211. The number of aromatic nitrogens is 2. The van der Waals surface area contributed by atoms with Crippen LogP contribution in [0.1, 0.15) is 26.3 Å². The summed E-state index contributed by atoms with van der Waals surface area (Å²) < 4.78 is 5.75. The Morgan fingerprint density at radius 1 is 0.875 bits per heavy atom. The summed E-state index contributed by atoms with van der Waals surface area (Å²) >= 11 is 0. The molecule has 0 saturated heterocycles. The largest absolute Gasteiger partial charge is 0.416 e. The average molecular weight is 319 g/mol. The van der Waals surface area contributed by atoms with E-state index < -0.39 is 0 Å². The Labute approximate surface area is 140 Å². The van der Waals surface area contributed by atoms with Crippen molar-refractivity contribution in [1.82, 2.24) is 10.2 Å². The molecule has 3 rings (SSSR count). The summed E-state index contributed by atoms with van der Waals surface area (Å²) in [5, 5.41) is 8.20. The van der Waals surface area contributed by atoms with Crippen molar-refractivity contribution in [2.45, 2.75) is 26.2 Å². The van der Waals surface area contributed by atoms with Gasteiger partial charge in [0.25, 0.3) is 0 Å². The van der Waals surface area contributed by atoms with Gasteiger partial charge in [-0.15, -0.1) is 10.2 Å². The highest BCUT2D eigenvalue weighted by Crippen LogP contribution is 2.28. The lowest BCUT2D eigenvalue weighted by molar-refractivity contribution is 0.565. The van der Waals surface area contributed by atoms with Crippen LogP contribution in [0.4, 0.5) is 5.69 Å². The molecule has 0 amide bonds. The molecule has 5 nitrogen and oxygen atoms in total. The van der Waals surface area contributed by atoms with Crippen molar-refractivity contribution in [3.63, 3.8) is 0 Å². The van der Waals surface area contributed by atoms with Crippen LogP contribution in [0.3, 0.4) is 0 Å². The lowest BCUT2D eigenvalue weighted by Gasteiger charge is -2.18. The number of aliphatic imine (C=N–C) groups is 1. The Bertz CT molecular complexity index is 882. The molecule has 1 aromatic heterocycles. The van der Waals surface area contributed by atoms with Crippen LogP contribution in [0.2, 0.25) is 0 Å². The molecular formula is C19H17N3O2. The average Bonchev–Trinajstić information content (AvgIpc) is 3.05. The summed E-state index contributed by atoms with van der Waals surface area (Å²) in [6.07, 6.45) is 1.51. The highest BCUT2D eigenvalue weighted by atomic mass is 16.4. The fourth-order valence-electron chi connectivity index (χ4n) is 2.30. The van der Waals surface area contributed by atoms with Crippen LogP contribution < -0.4 is 0 Å². The van der Waals surface area contributed by atoms with Gasteiger partial charge in [-0.3, -0.25) is 0 Å². The van der Waals surface area contributed by atoms with Gasteiger partial charge in [0.15, 0.2) is 0 Å². The van der Waals surface area contributed by atoms with E-state index in [1.165, 1.54) is 11.6 Å². The standard InChI is InChI=1S/C19H17N3O2/c1-19(2,3)15-8-4-13(5-9-15)17-21-22-18(24-17)14-6-10-16(11-7-14)20-12-23/h4-11H,1-3H3. The Hall–Kier alpha value is -3.04. The van der Waals surface area contributed by atoms with Crippen LogP contribution in [0.15, 0.2) is 57.9 Å². The first kappa shape index (κ1) is 15.8. The van der Waals surface area contributed by atoms with Gasteiger partial charge >= 0.3 is 0 Å². The minimum atomic E-state index is 0.101. The molecule has 0 saturated carbocycles. The number of nitrogens with zero attached hydrogens (tertiary/aromatic N) is 3. The highest BCUT2D eigenvalue weighted by Gasteiger charge is 2.15. The summed E-state index contributed by atoms with van der Waals surface area (Å²) in [6.45, 7) is 6.52. The van der Waals surface area contributed by atoms with Crippen molar-refractivity contribution in [3.8, 4) is 22.9 Å². The van der Waals surface area contributed by atoms with Crippen molar-refractivity contribution >= 4 is 11.8 Å². The maximum atomic E-state index is 10.2. The second-order valence-electron chi connectivity index (χ2n) is 6.49. The van der Waals surface area contributed by atoms with Crippen molar-refractivity contribution in [2.24, 2.45) is 4.99 Å². The fourth-order valence-corrected chi connectivity index (χ4v) is 2.30. The van der Waals surface area contributed by atoms with Crippen LogP contribution in [0, 0.1) is 0 Å². The Morgan fingerprint density at radius 3 is 1.83 bits per heavy atom. The number of rotatable bonds is 3. The monoisotopic (exact) mass is 319 g/mol. The lowest BCUT2D eigenvalue weighted by atomic mass is 9.87. The van der Waals surface area contributed by atoms with Gasteiger partial charge in [-0.2, -0.15) is 4.99 Å². The van der Waals surface area contributed by atoms with Gasteiger partial charge < -0.3 is 4.42 Å². The lowest BCUT2D eigenvalue weighted by Crippen LogP contribution is -2.10. The van der Waals surface area contributed by atoms with E-state index in [9.17, 15) is 4.79 Å². The van der Waals surface area contributed by atoms with Gasteiger partial charge in [-0.1, -0.05) is 32.9 Å². The summed E-state index contributed by atoms with van der Waals surface area (Å²) in [5.41, 5.74) is 3.53. The molecule has 0 bridgehead atoms. The molecule has 0 aliphatic rings. The van der Waals surface area contributed by atoms with Crippen LogP contribution in [-0.2, 0) is 10.2 Å². The summed E-state index contributed by atoms with van der Waals surface area (Å²) in [4.78, 5) is 13.8. The maximum Gasteiger partial charge on any atom is 0.248 e. The molecule has 24 heavy (non-hydrogen) atoms. The number of carbonyl (C=O) groups excluding carboxylic acids is 1. The van der Waals surface area contributed by atoms with E-state index in [2.05, 4.69) is 48.1 Å². The first-order chi connectivity index (χ1) is 11.5. The SMILES string of the molecule is CC(C)(C)c1ccc(-c2nnc(-c3ccc(N=C=O)cc3)o2)cc1. The van der Waals surface area contributed by atoms with Gasteiger partial charge in [-0.05, 0) is 47.4 Å². The molecule has 120 valence electrons. The number of hydrogen-bond donors (Lipinski definition) is 0. The molecule has 0 unspecified atom stereocenters. The predicted octanol–water partition coefficient (Wildman–Crippen LogP) is 4.67. The Kier molecular flexibility index (Phi) is 4.11. The van der Waals surface area contributed by atoms with Crippen LogP contribution in [0.5, 0.6) is 0 Å². The number of benzene rings is 2. The van der Waals surface area contributed by atoms with Crippen molar-refractivity contribution in [3.05, 3.63) is 54.1 Å². The molecule has 5 heteroatoms. The zero-order valence-electron chi connectivity index (χ0n) is 13.8. The van der Waals surface area contributed by atoms with Gasteiger partial charge in [0.05, 0.1) is 5.69 Å².